The molecule has 0 bridgehead atoms. The fourth-order valence-corrected chi connectivity index (χ4v) is 4.91. The number of ether oxygens (including phenoxy) is 2. The lowest BCUT2D eigenvalue weighted by Gasteiger charge is -2.13. The molecule has 4 rings (SSSR count). The minimum absolute atomic E-state index is 0.238. The van der Waals surface area contributed by atoms with E-state index in [0.29, 0.717) is 32.0 Å². The van der Waals surface area contributed by atoms with Crippen LogP contribution in [0, 0.1) is 3.57 Å². The van der Waals surface area contributed by atoms with Gasteiger partial charge in [-0.05, 0) is 88.0 Å². The largest absolute Gasteiger partial charge is 0.493 e. The molecule has 3 aromatic carbocycles. The lowest BCUT2D eigenvalue weighted by atomic mass is 10.1. The molecule has 9 heteroatoms. The maximum Gasteiger partial charge on any atom is 0.293 e. The molecule has 1 saturated heterocycles. The van der Waals surface area contributed by atoms with Gasteiger partial charge in [0.05, 0.1) is 18.6 Å². The summed E-state index contributed by atoms with van der Waals surface area (Å²) in [5.41, 5.74) is 2.40. The van der Waals surface area contributed by atoms with Gasteiger partial charge in [0.2, 0.25) is 0 Å². The van der Waals surface area contributed by atoms with E-state index in [-0.39, 0.29) is 24.3 Å². The van der Waals surface area contributed by atoms with Crippen LogP contribution < -0.4 is 9.47 Å². The second-order valence-electron chi connectivity index (χ2n) is 7.33. The minimum atomic E-state index is -0.315. The highest BCUT2D eigenvalue weighted by Crippen LogP contribution is 2.36. The van der Waals surface area contributed by atoms with Crippen molar-refractivity contribution >= 4 is 74.8 Å². The normalized spacial score (nSPS) is 14.7. The van der Waals surface area contributed by atoms with Gasteiger partial charge in [-0.15, -0.1) is 0 Å². The number of thioether (sulfide) groups is 1. The van der Waals surface area contributed by atoms with E-state index in [2.05, 4.69) is 22.6 Å². The molecule has 174 valence electrons. The Morgan fingerprint density at radius 2 is 1.76 bits per heavy atom. The van der Waals surface area contributed by atoms with E-state index in [4.69, 9.17) is 32.7 Å². The summed E-state index contributed by atoms with van der Waals surface area (Å²) in [6, 6.07) is 18.2. The van der Waals surface area contributed by atoms with Crippen molar-refractivity contribution in [2.45, 2.75) is 13.2 Å². The summed E-state index contributed by atoms with van der Waals surface area (Å²) in [6.45, 7) is 0.478. The van der Waals surface area contributed by atoms with E-state index in [1.165, 1.54) is 12.0 Å². The topological polar surface area (TPSA) is 55.8 Å². The number of amides is 2. The maximum absolute atomic E-state index is 12.9. The number of rotatable bonds is 7. The van der Waals surface area contributed by atoms with E-state index < -0.39 is 0 Å². The molecule has 2 amide bonds. The molecule has 3 aromatic rings. The predicted molar refractivity (Wildman–Crippen MR) is 144 cm³/mol. The van der Waals surface area contributed by atoms with E-state index in [9.17, 15) is 9.59 Å². The molecule has 0 radical (unpaired) electrons. The maximum atomic E-state index is 12.9. The molecule has 0 aliphatic carbocycles. The Balaban J connectivity index is 1.48. The average Bonchev–Trinajstić information content (AvgIpc) is 3.07. The van der Waals surface area contributed by atoms with E-state index in [1.54, 1.807) is 42.5 Å². The summed E-state index contributed by atoms with van der Waals surface area (Å²) in [7, 11) is 1.54. The van der Waals surface area contributed by atoms with Crippen molar-refractivity contribution < 1.29 is 19.1 Å². The van der Waals surface area contributed by atoms with Crippen LogP contribution in [0.5, 0.6) is 11.5 Å². The van der Waals surface area contributed by atoms with Crippen molar-refractivity contribution in [3.63, 3.8) is 0 Å². The zero-order valence-corrected chi connectivity index (χ0v) is 22.4. The standard InChI is InChI=1S/C25H18Cl2INO4S/c1-32-22-10-16(4-9-21(22)33-14-17-5-6-18(26)12-20(17)27)11-23-24(30)29(25(31)34-23)13-15-2-7-19(28)8-3-15/h2-12H,13-14H2,1H3/b23-11-. The van der Waals surface area contributed by atoms with Crippen molar-refractivity contribution in [1.29, 1.82) is 0 Å². The number of methoxy groups -OCH3 is 1. The molecular formula is C25H18Cl2INO4S. The lowest BCUT2D eigenvalue weighted by Crippen LogP contribution is -2.27. The van der Waals surface area contributed by atoms with Gasteiger partial charge in [0.25, 0.3) is 11.1 Å². The summed E-state index contributed by atoms with van der Waals surface area (Å²) in [4.78, 5) is 26.9. The van der Waals surface area contributed by atoms with Crippen molar-refractivity contribution in [3.05, 3.63) is 95.9 Å². The fourth-order valence-electron chi connectivity index (χ4n) is 3.25. The molecular weight excluding hydrogens is 608 g/mol. The van der Waals surface area contributed by atoms with E-state index in [1.807, 2.05) is 24.3 Å². The van der Waals surface area contributed by atoms with Crippen LogP contribution in [-0.2, 0) is 17.9 Å². The van der Waals surface area contributed by atoms with Crippen LogP contribution >= 0.6 is 57.6 Å². The molecule has 1 fully saturated rings. The first kappa shape index (κ1) is 24.9. The number of hydrogen-bond acceptors (Lipinski definition) is 5. The van der Waals surface area contributed by atoms with Crippen molar-refractivity contribution in [1.82, 2.24) is 4.90 Å². The van der Waals surface area contributed by atoms with Gasteiger partial charge in [0.15, 0.2) is 11.5 Å². The monoisotopic (exact) mass is 625 g/mol. The summed E-state index contributed by atoms with van der Waals surface area (Å²) in [6.07, 6.45) is 1.68. The SMILES string of the molecule is COc1cc(/C=C2\SC(=O)N(Cc3ccc(I)cc3)C2=O)ccc1OCc1ccc(Cl)cc1Cl. The minimum Gasteiger partial charge on any atom is -0.493 e. The molecule has 1 heterocycles. The highest BCUT2D eigenvalue weighted by molar-refractivity contribution is 14.1. The number of halogens is 3. The van der Waals surface area contributed by atoms with Gasteiger partial charge in [-0.25, -0.2) is 0 Å². The molecule has 0 aromatic heterocycles. The molecule has 0 spiro atoms. The predicted octanol–water partition coefficient (Wildman–Crippen LogP) is 7.42. The van der Waals surface area contributed by atoms with Gasteiger partial charge in [-0.3, -0.25) is 14.5 Å². The third-order valence-electron chi connectivity index (χ3n) is 5.01. The van der Waals surface area contributed by atoms with Crippen molar-refractivity contribution in [2.75, 3.05) is 7.11 Å². The van der Waals surface area contributed by atoms with E-state index >= 15 is 0 Å². The molecule has 0 N–H and O–H groups in total. The summed E-state index contributed by atoms with van der Waals surface area (Å²) >= 11 is 15.3. The first-order chi connectivity index (χ1) is 16.3. The summed E-state index contributed by atoms with van der Waals surface area (Å²) in [5.74, 6) is 0.708. The van der Waals surface area contributed by atoms with Gasteiger partial charge in [0.1, 0.15) is 6.61 Å². The lowest BCUT2D eigenvalue weighted by molar-refractivity contribution is -0.123. The molecule has 5 nitrogen and oxygen atoms in total. The molecule has 1 aliphatic rings. The van der Waals surface area contributed by atoms with Crippen LogP contribution in [0.15, 0.2) is 65.6 Å². The van der Waals surface area contributed by atoms with Crippen molar-refractivity contribution in [3.8, 4) is 11.5 Å². The van der Waals surface area contributed by atoms with Crippen LogP contribution in [0.25, 0.3) is 6.08 Å². The quantitative estimate of drug-likeness (QED) is 0.202. The Morgan fingerprint density at radius 1 is 1.00 bits per heavy atom. The Labute approximate surface area is 225 Å². The summed E-state index contributed by atoms with van der Waals surface area (Å²) in [5, 5.41) is 0.782. The molecule has 34 heavy (non-hydrogen) atoms. The Morgan fingerprint density at radius 3 is 2.47 bits per heavy atom. The first-order valence-electron chi connectivity index (χ1n) is 10.1. The Bertz CT molecular complexity index is 1280. The van der Waals surface area contributed by atoms with Crippen molar-refractivity contribution in [2.24, 2.45) is 0 Å². The van der Waals surface area contributed by atoms with Crippen LogP contribution in [-0.4, -0.2) is 23.2 Å². The van der Waals surface area contributed by atoms with Crippen LogP contribution in [0.3, 0.4) is 0 Å². The third-order valence-corrected chi connectivity index (χ3v) is 7.22. The molecule has 0 unspecified atom stereocenters. The number of hydrogen-bond donors (Lipinski definition) is 0. The molecule has 0 saturated carbocycles. The number of benzene rings is 3. The second kappa shape index (κ2) is 11.0. The number of carbonyl (C=O) groups is 2. The van der Waals surface area contributed by atoms with Crippen LogP contribution in [0.4, 0.5) is 4.79 Å². The third kappa shape index (κ3) is 5.89. The van der Waals surface area contributed by atoms with Gasteiger partial charge in [0, 0.05) is 19.2 Å². The Hall–Kier alpha value is -2.20. The van der Waals surface area contributed by atoms with Gasteiger partial charge in [-0.1, -0.05) is 47.5 Å². The number of imide groups is 1. The average molecular weight is 626 g/mol. The zero-order chi connectivity index (χ0) is 24.2. The number of carbonyl (C=O) groups excluding carboxylic acids is 2. The fraction of sp³-hybridized carbons (Fsp3) is 0.120. The smallest absolute Gasteiger partial charge is 0.293 e. The molecule has 1 aliphatic heterocycles. The van der Waals surface area contributed by atoms with E-state index in [0.717, 1.165) is 26.5 Å². The highest BCUT2D eigenvalue weighted by atomic mass is 127. The molecule has 0 atom stereocenters. The van der Waals surface area contributed by atoms with Gasteiger partial charge < -0.3 is 9.47 Å². The number of nitrogens with zero attached hydrogens (tertiary/aromatic N) is 1. The highest BCUT2D eigenvalue weighted by Gasteiger charge is 2.35. The second-order valence-corrected chi connectivity index (χ2v) is 10.4. The van der Waals surface area contributed by atoms with Gasteiger partial charge >= 0.3 is 0 Å². The van der Waals surface area contributed by atoms with Crippen LogP contribution in [0.2, 0.25) is 10.0 Å². The van der Waals surface area contributed by atoms with Gasteiger partial charge in [-0.2, -0.15) is 0 Å². The zero-order valence-electron chi connectivity index (χ0n) is 17.9. The Kier molecular flexibility index (Phi) is 8.08. The first-order valence-corrected chi connectivity index (χ1v) is 12.7. The summed E-state index contributed by atoms with van der Waals surface area (Å²) < 4.78 is 12.4. The van der Waals surface area contributed by atoms with Crippen LogP contribution in [0.1, 0.15) is 16.7 Å².